The van der Waals surface area contributed by atoms with Gasteiger partial charge in [0.25, 0.3) is 0 Å². The minimum absolute atomic E-state index is 0.223. The van der Waals surface area contributed by atoms with Gasteiger partial charge in [-0.25, -0.2) is 14.8 Å². The molecule has 2 aromatic carbocycles. The van der Waals surface area contributed by atoms with Crippen LogP contribution in [0.3, 0.4) is 0 Å². The molecule has 0 fully saturated rings. The Balaban J connectivity index is 1.49. The largest absolute Gasteiger partial charge is 0.337 e. The second-order valence-corrected chi connectivity index (χ2v) is 6.92. The number of benzene rings is 2. The zero-order valence-electron chi connectivity index (χ0n) is 16.5. The van der Waals surface area contributed by atoms with Gasteiger partial charge in [-0.3, -0.25) is 4.57 Å². The average molecular weight is 385 g/mol. The molecule has 146 valence electrons. The van der Waals surface area contributed by atoms with Crippen molar-refractivity contribution < 1.29 is 4.79 Å². The first kappa shape index (κ1) is 18.7. The second kappa shape index (κ2) is 8.14. The van der Waals surface area contributed by atoms with Crippen LogP contribution >= 0.6 is 0 Å². The van der Waals surface area contributed by atoms with Gasteiger partial charge in [0.1, 0.15) is 11.3 Å². The summed E-state index contributed by atoms with van der Waals surface area (Å²) in [5, 5.41) is 5.85. The van der Waals surface area contributed by atoms with Crippen LogP contribution in [0.1, 0.15) is 17.0 Å². The minimum Gasteiger partial charge on any atom is -0.337 e. The molecule has 0 bridgehead atoms. The number of fused-ring (bicyclic) bond motifs is 1. The molecule has 0 aliphatic heterocycles. The van der Waals surface area contributed by atoms with E-state index in [0.29, 0.717) is 13.0 Å². The van der Waals surface area contributed by atoms with E-state index in [1.54, 1.807) is 6.20 Å². The summed E-state index contributed by atoms with van der Waals surface area (Å²) in [6.07, 6.45) is 2.36. The molecule has 6 heteroatoms. The number of carbonyl (C=O) groups excluding carboxylic acids is 1. The molecule has 6 nitrogen and oxygen atoms in total. The zero-order chi connectivity index (χ0) is 20.2. The van der Waals surface area contributed by atoms with Crippen LogP contribution in [0.4, 0.5) is 10.5 Å². The Bertz CT molecular complexity index is 1150. The predicted molar refractivity (Wildman–Crippen MR) is 116 cm³/mol. The number of nitrogens with one attached hydrogen (secondary N) is 2. The van der Waals surface area contributed by atoms with E-state index in [1.807, 2.05) is 79.1 Å². The van der Waals surface area contributed by atoms with Gasteiger partial charge in [-0.1, -0.05) is 30.3 Å². The van der Waals surface area contributed by atoms with E-state index in [1.165, 1.54) is 0 Å². The van der Waals surface area contributed by atoms with Gasteiger partial charge in [0.2, 0.25) is 0 Å². The minimum atomic E-state index is -0.223. The first-order valence-corrected chi connectivity index (χ1v) is 9.62. The van der Waals surface area contributed by atoms with Crippen molar-refractivity contribution in [2.75, 3.05) is 11.9 Å². The Labute approximate surface area is 169 Å². The lowest BCUT2D eigenvalue weighted by molar-refractivity contribution is 0.252. The molecule has 0 unspecified atom stereocenters. The normalized spacial score (nSPS) is 10.8. The second-order valence-electron chi connectivity index (χ2n) is 6.92. The Hall–Kier alpha value is -3.67. The smallest absolute Gasteiger partial charge is 0.319 e. The Morgan fingerprint density at radius 3 is 2.66 bits per heavy atom. The number of hydrogen-bond donors (Lipinski definition) is 2. The van der Waals surface area contributed by atoms with Crippen molar-refractivity contribution in [3.05, 3.63) is 83.8 Å². The summed E-state index contributed by atoms with van der Waals surface area (Å²) in [5.74, 6) is 0.858. The van der Waals surface area contributed by atoms with E-state index in [0.717, 1.165) is 39.5 Å². The Kier molecular flexibility index (Phi) is 5.24. The number of carbonyl (C=O) groups is 1. The monoisotopic (exact) mass is 385 g/mol. The summed E-state index contributed by atoms with van der Waals surface area (Å²) < 4.78 is 2.04. The molecule has 0 saturated carbocycles. The number of hydrogen-bond acceptors (Lipinski definition) is 3. The molecular formula is C23H23N5O. The van der Waals surface area contributed by atoms with Crippen LogP contribution in [0.15, 0.2) is 66.9 Å². The maximum Gasteiger partial charge on any atom is 0.319 e. The fourth-order valence-electron chi connectivity index (χ4n) is 3.32. The molecule has 2 heterocycles. The van der Waals surface area contributed by atoms with Crippen LogP contribution in [0.2, 0.25) is 0 Å². The zero-order valence-corrected chi connectivity index (χ0v) is 16.5. The summed E-state index contributed by atoms with van der Waals surface area (Å²) in [4.78, 5) is 21.6. The highest BCUT2D eigenvalue weighted by molar-refractivity contribution is 5.90. The van der Waals surface area contributed by atoms with Gasteiger partial charge in [-0.05, 0) is 55.3 Å². The van der Waals surface area contributed by atoms with E-state index in [2.05, 4.69) is 15.6 Å². The third-order valence-corrected chi connectivity index (χ3v) is 4.99. The molecular weight excluding hydrogens is 362 g/mol. The Morgan fingerprint density at radius 1 is 1.00 bits per heavy atom. The number of aromatic nitrogens is 3. The SMILES string of the molecule is Cc1cccc(NC(=O)NCCc2nc3cccnc3n2-c2ccccc2)c1C. The van der Waals surface area contributed by atoms with E-state index in [4.69, 9.17) is 4.98 Å². The van der Waals surface area contributed by atoms with E-state index < -0.39 is 0 Å². The molecule has 0 saturated heterocycles. The molecule has 2 amide bonds. The lowest BCUT2D eigenvalue weighted by Gasteiger charge is -2.12. The van der Waals surface area contributed by atoms with Gasteiger partial charge in [0, 0.05) is 30.5 Å². The molecule has 0 aliphatic rings. The van der Waals surface area contributed by atoms with Crippen molar-refractivity contribution in [2.45, 2.75) is 20.3 Å². The summed E-state index contributed by atoms with van der Waals surface area (Å²) in [7, 11) is 0. The average Bonchev–Trinajstić information content (AvgIpc) is 3.10. The number of rotatable bonds is 5. The van der Waals surface area contributed by atoms with E-state index in [9.17, 15) is 4.79 Å². The molecule has 0 radical (unpaired) electrons. The fraction of sp³-hybridized carbons (Fsp3) is 0.174. The van der Waals surface area contributed by atoms with Gasteiger partial charge in [-0.2, -0.15) is 0 Å². The molecule has 4 aromatic rings. The number of imidazole rings is 1. The standard InChI is InChI=1S/C23H23N5O/c1-16-8-6-11-19(17(16)2)27-23(29)25-15-13-21-26-20-12-7-14-24-22(20)28(21)18-9-4-3-5-10-18/h3-12,14H,13,15H2,1-2H3,(H2,25,27,29). The highest BCUT2D eigenvalue weighted by atomic mass is 16.2. The van der Waals surface area contributed by atoms with Gasteiger partial charge in [0.15, 0.2) is 5.65 Å². The summed E-state index contributed by atoms with van der Waals surface area (Å²) in [6, 6.07) is 19.5. The van der Waals surface area contributed by atoms with Crippen LogP contribution in [0.25, 0.3) is 16.9 Å². The van der Waals surface area contributed by atoms with Crippen molar-refractivity contribution in [1.29, 1.82) is 0 Å². The molecule has 0 atom stereocenters. The molecule has 4 rings (SSSR count). The van der Waals surface area contributed by atoms with Gasteiger partial charge in [0.05, 0.1) is 0 Å². The van der Waals surface area contributed by atoms with E-state index in [-0.39, 0.29) is 6.03 Å². The third kappa shape index (κ3) is 3.96. The van der Waals surface area contributed by atoms with Crippen LogP contribution in [0, 0.1) is 13.8 Å². The maximum absolute atomic E-state index is 12.3. The van der Waals surface area contributed by atoms with Gasteiger partial charge < -0.3 is 10.6 Å². The highest BCUT2D eigenvalue weighted by Gasteiger charge is 2.13. The van der Waals surface area contributed by atoms with Crippen LogP contribution in [0.5, 0.6) is 0 Å². The number of amides is 2. The maximum atomic E-state index is 12.3. The first-order valence-electron chi connectivity index (χ1n) is 9.62. The molecule has 2 N–H and O–H groups in total. The van der Waals surface area contributed by atoms with Gasteiger partial charge >= 0.3 is 6.03 Å². The van der Waals surface area contributed by atoms with E-state index >= 15 is 0 Å². The predicted octanol–water partition coefficient (Wildman–Crippen LogP) is 4.40. The molecule has 2 aromatic heterocycles. The number of nitrogens with zero attached hydrogens (tertiary/aromatic N) is 3. The van der Waals surface area contributed by atoms with Crippen LogP contribution in [-0.2, 0) is 6.42 Å². The lowest BCUT2D eigenvalue weighted by atomic mass is 10.1. The van der Waals surface area contributed by atoms with Crippen molar-refractivity contribution in [1.82, 2.24) is 19.9 Å². The number of aryl methyl sites for hydroxylation is 1. The fourth-order valence-corrected chi connectivity index (χ4v) is 3.32. The lowest BCUT2D eigenvalue weighted by Crippen LogP contribution is -2.31. The van der Waals surface area contributed by atoms with Crippen molar-refractivity contribution in [3.63, 3.8) is 0 Å². The topological polar surface area (TPSA) is 71.8 Å². The quantitative estimate of drug-likeness (QED) is 0.535. The molecule has 0 spiro atoms. The highest BCUT2D eigenvalue weighted by Crippen LogP contribution is 2.20. The molecule has 29 heavy (non-hydrogen) atoms. The van der Waals surface area contributed by atoms with Crippen molar-refractivity contribution >= 4 is 22.9 Å². The molecule has 0 aliphatic carbocycles. The van der Waals surface area contributed by atoms with Crippen molar-refractivity contribution in [3.8, 4) is 5.69 Å². The summed E-state index contributed by atoms with van der Waals surface area (Å²) in [5.41, 5.74) is 5.69. The third-order valence-electron chi connectivity index (χ3n) is 4.99. The van der Waals surface area contributed by atoms with Gasteiger partial charge in [-0.15, -0.1) is 0 Å². The van der Waals surface area contributed by atoms with Crippen molar-refractivity contribution in [2.24, 2.45) is 0 Å². The summed E-state index contributed by atoms with van der Waals surface area (Å²) >= 11 is 0. The number of pyridine rings is 1. The van der Waals surface area contributed by atoms with Crippen LogP contribution < -0.4 is 10.6 Å². The number of para-hydroxylation sites is 1. The number of anilines is 1. The summed E-state index contributed by atoms with van der Waals surface area (Å²) in [6.45, 7) is 4.49. The Morgan fingerprint density at radius 2 is 1.83 bits per heavy atom. The first-order chi connectivity index (χ1) is 14.1. The van der Waals surface area contributed by atoms with Crippen LogP contribution in [-0.4, -0.2) is 27.1 Å². The number of urea groups is 1.